The van der Waals surface area contributed by atoms with Gasteiger partial charge in [-0.1, -0.05) is 30.0 Å². The number of fused-ring (bicyclic) bond motifs is 4. The van der Waals surface area contributed by atoms with E-state index in [-0.39, 0.29) is 11.7 Å². The van der Waals surface area contributed by atoms with Crippen LogP contribution >= 0.6 is 23.1 Å². The Hall–Kier alpha value is -2.45. The van der Waals surface area contributed by atoms with Crippen LogP contribution < -0.4 is 5.32 Å². The molecule has 0 bridgehead atoms. The highest BCUT2D eigenvalue weighted by Crippen LogP contribution is 2.30. The first kappa shape index (κ1) is 17.6. The molecule has 0 atom stereocenters. The van der Waals surface area contributed by atoms with Crippen LogP contribution in [0.5, 0.6) is 0 Å². The van der Waals surface area contributed by atoms with Gasteiger partial charge in [-0.05, 0) is 55.7 Å². The molecule has 0 aliphatic heterocycles. The van der Waals surface area contributed by atoms with E-state index in [9.17, 15) is 4.79 Å². The van der Waals surface area contributed by atoms with Crippen LogP contribution in [0.2, 0.25) is 0 Å². The van der Waals surface area contributed by atoms with Gasteiger partial charge < -0.3 is 5.32 Å². The maximum Gasteiger partial charge on any atom is 0.236 e. The fourth-order valence-electron chi connectivity index (χ4n) is 3.64. The summed E-state index contributed by atoms with van der Waals surface area (Å²) < 4.78 is 2.03. The average Bonchev–Trinajstić information content (AvgIpc) is 3.30. The highest BCUT2D eigenvalue weighted by Gasteiger charge is 2.17. The number of hydrogen-bond donors (Lipinski definition) is 1. The number of hydrogen-bond acceptors (Lipinski definition) is 6. The average molecular weight is 410 g/mol. The van der Waals surface area contributed by atoms with Gasteiger partial charge in [0.2, 0.25) is 5.91 Å². The van der Waals surface area contributed by atoms with Crippen LogP contribution in [0.25, 0.3) is 16.6 Å². The van der Waals surface area contributed by atoms with Crippen LogP contribution in [-0.2, 0) is 17.6 Å². The molecule has 1 aliphatic carbocycles. The number of aromatic nitrogens is 4. The zero-order valence-corrected chi connectivity index (χ0v) is 17.1. The molecule has 1 amide bonds. The van der Waals surface area contributed by atoms with E-state index < -0.39 is 0 Å². The minimum atomic E-state index is -0.0650. The van der Waals surface area contributed by atoms with Gasteiger partial charge in [0.05, 0.1) is 17.0 Å². The number of rotatable bonds is 4. The number of nitrogens with one attached hydrogen (secondary N) is 1. The van der Waals surface area contributed by atoms with E-state index in [4.69, 9.17) is 0 Å². The van der Waals surface area contributed by atoms with Gasteiger partial charge in [0, 0.05) is 4.88 Å². The van der Waals surface area contributed by atoms with Gasteiger partial charge in [0.15, 0.2) is 15.9 Å². The van der Waals surface area contributed by atoms with Crippen molar-refractivity contribution in [3.8, 4) is 0 Å². The first-order valence-corrected chi connectivity index (χ1v) is 11.1. The summed E-state index contributed by atoms with van der Waals surface area (Å²) in [6.45, 7) is 2.03. The van der Waals surface area contributed by atoms with Gasteiger partial charge in [-0.2, -0.15) is 0 Å². The number of carbonyl (C=O) groups excluding carboxylic acids is 1. The van der Waals surface area contributed by atoms with Crippen LogP contribution in [0.3, 0.4) is 0 Å². The van der Waals surface area contributed by atoms with E-state index in [2.05, 4.69) is 38.7 Å². The Kier molecular flexibility index (Phi) is 4.52. The Labute approximate surface area is 170 Å². The second-order valence-electron chi connectivity index (χ2n) is 6.96. The van der Waals surface area contributed by atoms with Gasteiger partial charge in [-0.25, -0.2) is 4.98 Å². The van der Waals surface area contributed by atoms with Crippen molar-refractivity contribution in [2.24, 2.45) is 0 Å². The van der Waals surface area contributed by atoms with Crippen molar-refractivity contribution in [2.75, 3.05) is 11.1 Å². The maximum absolute atomic E-state index is 12.5. The number of thiazole rings is 1. The first-order valence-electron chi connectivity index (χ1n) is 9.34. The molecule has 3 aromatic heterocycles. The zero-order valence-electron chi connectivity index (χ0n) is 15.4. The van der Waals surface area contributed by atoms with Crippen LogP contribution in [-0.4, -0.2) is 31.2 Å². The summed E-state index contributed by atoms with van der Waals surface area (Å²) in [5.41, 5.74) is 4.10. The molecule has 0 radical (unpaired) electrons. The zero-order chi connectivity index (χ0) is 19.1. The Balaban J connectivity index is 1.36. The number of anilines is 1. The predicted molar refractivity (Wildman–Crippen MR) is 113 cm³/mol. The fourth-order valence-corrected chi connectivity index (χ4v) is 5.45. The highest BCUT2D eigenvalue weighted by atomic mass is 32.2. The molecule has 1 N–H and O–H groups in total. The number of thioether (sulfide) groups is 1. The van der Waals surface area contributed by atoms with Crippen LogP contribution in [0.15, 0.2) is 35.5 Å². The number of para-hydroxylation sites is 1. The van der Waals surface area contributed by atoms with Crippen molar-refractivity contribution in [3.05, 3.63) is 46.5 Å². The lowest BCUT2D eigenvalue weighted by atomic mass is 10.0. The summed E-state index contributed by atoms with van der Waals surface area (Å²) in [6.07, 6.45) is 4.50. The molecule has 28 heavy (non-hydrogen) atoms. The number of benzene rings is 1. The molecule has 0 saturated heterocycles. The second kappa shape index (κ2) is 7.18. The monoisotopic (exact) mass is 409 g/mol. The first-order chi connectivity index (χ1) is 13.7. The van der Waals surface area contributed by atoms with Crippen molar-refractivity contribution in [1.29, 1.82) is 0 Å². The molecule has 1 aromatic carbocycles. The normalized spacial score (nSPS) is 13.8. The molecule has 0 saturated carbocycles. The Morgan fingerprint density at radius 3 is 3.00 bits per heavy atom. The Bertz CT molecular complexity index is 1170. The molecular weight excluding hydrogens is 390 g/mol. The minimum Gasteiger partial charge on any atom is -0.301 e. The molecule has 5 rings (SSSR count). The minimum absolute atomic E-state index is 0.0650. The van der Waals surface area contributed by atoms with Gasteiger partial charge in [0.25, 0.3) is 0 Å². The molecule has 0 spiro atoms. The summed E-state index contributed by atoms with van der Waals surface area (Å²) in [6, 6.07) is 10.3. The van der Waals surface area contributed by atoms with Crippen molar-refractivity contribution in [2.45, 2.75) is 37.8 Å². The third-order valence-electron chi connectivity index (χ3n) is 4.96. The maximum atomic E-state index is 12.5. The summed E-state index contributed by atoms with van der Waals surface area (Å²) in [5, 5.41) is 14.2. The number of carbonyl (C=O) groups is 1. The third-order valence-corrected chi connectivity index (χ3v) is 6.96. The Morgan fingerprint density at radius 2 is 2.11 bits per heavy atom. The van der Waals surface area contributed by atoms with Gasteiger partial charge in [-0.3, -0.25) is 9.20 Å². The van der Waals surface area contributed by atoms with Gasteiger partial charge in [-0.15, -0.1) is 21.5 Å². The standard InChI is InChI=1S/C20H19N5OS2/c1-12-10-13-6-2-4-8-15(13)25-18(12)23-24-20(25)27-11-17(26)22-19-21-14-7-3-5-9-16(14)28-19/h2,4,6,8,10H,3,5,7,9,11H2,1H3,(H,21,22,26). The molecule has 0 fully saturated rings. The van der Waals surface area contributed by atoms with E-state index in [0.717, 1.165) is 45.8 Å². The lowest BCUT2D eigenvalue weighted by Gasteiger charge is -2.06. The SMILES string of the molecule is Cc1cc2ccccc2n2c(SCC(=O)Nc3nc4c(s3)CCCC4)nnc12. The summed E-state index contributed by atoms with van der Waals surface area (Å²) in [4.78, 5) is 18.4. The number of nitrogens with zero attached hydrogens (tertiary/aromatic N) is 4. The van der Waals surface area contributed by atoms with Crippen molar-refractivity contribution < 1.29 is 4.79 Å². The molecule has 4 aromatic rings. The van der Waals surface area contributed by atoms with Gasteiger partial charge in [0.1, 0.15) is 0 Å². The number of aryl methyl sites for hydroxylation is 3. The quantitative estimate of drug-likeness (QED) is 0.510. The molecule has 3 heterocycles. The highest BCUT2D eigenvalue weighted by molar-refractivity contribution is 7.99. The number of pyridine rings is 1. The molecular formula is C20H19N5OS2. The lowest BCUT2D eigenvalue weighted by Crippen LogP contribution is -2.14. The van der Waals surface area contributed by atoms with Gasteiger partial charge >= 0.3 is 0 Å². The summed E-state index contributed by atoms with van der Waals surface area (Å²) in [7, 11) is 0. The number of amides is 1. The van der Waals surface area contributed by atoms with E-state index >= 15 is 0 Å². The van der Waals surface area contributed by atoms with E-state index in [1.54, 1.807) is 11.3 Å². The summed E-state index contributed by atoms with van der Waals surface area (Å²) in [5.74, 6) is 0.206. The summed E-state index contributed by atoms with van der Waals surface area (Å²) >= 11 is 3.00. The van der Waals surface area contributed by atoms with Crippen LogP contribution in [0.1, 0.15) is 29.0 Å². The molecule has 0 unspecified atom stereocenters. The van der Waals surface area contributed by atoms with E-state index in [1.807, 2.05) is 23.5 Å². The van der Waals surface area contributed by atoms with Crippen LogP contribution in [0.4, 0.5) is 5.13 Å². The molecule has 6 nitrogen and oxygen atoms in total. The van der Waals surface area contributed by atoms with Crippen molar-refractivity contribution >= 4 is 50.7 Å². The molecule has 1 aliphatic rings. The van der Waals surface area contributed by atoms with Crippen molar-refractivity contribution in [1.82, 2.24) is 19.6 Å². The predicted octanol–water partition coefficient (Wildman–Crippen LogP) is 4.26. The molecule has 142 valence electrons. The molecule has 8 heteroatoms. The smallest absolute Gasteiger partial charge is 0.236 e. The largest absolute Gasteiger partial charge is 0.301 e. The van der Waals surface area contributed by atoms with Crippen molar-refractivity contribution in [3.63, 3.8) is 0 Å². The van der Waals surface area contributed by atoms with E-state index in [1.165, 1.54) is 29.5 Å². The third kappa shape index (κ3) is 3.16. The fraction of sp³-hybridized carbons (Fsp3) is 0.300. The van der Waals surface area contributed by atoms with E-state index in [0.29, 0.717) is 5.13 Å². The lowest BCUT2D eigenvalue weighted by molar-refractivity contribution is -0.113. The Morgan fingerprint density at radius 1 is 1.25 bits per heavy atom. The topological polar surface area (TPSA) is 72.2 Å². The van der Waals surface area contributed by atoms with Crippen LogP contribution in [0, 0.1) is 6.92 Å². The second-order valence-corrected chi connectivity index (χ2v) is 8.99.